The number of nitrogens with zero attached hydrogens (tertiary/aromatic N) is 2. The number of unbranched alkanes of at least 4 members (excludes halogenated alkanes) is 1. The summed E-state index contributed by atoms with van der Waals surface area (Å²) >= 11 is 0. The summed E-state index contributed by atoms with van der Waals surface area (Å²) in [5.74, 6) is 0. The first-order valence-corrected chi connectivity index (χ1v) is 7.15. The van der Waals surface area contributed by atoms with Gasteiger partial charge in [0.1, 0.15) is 5.69 Å². The molecule has 1 heterocycles. The highest BCUT2D eigenvalue weighted by molar-refractivity contribution is 5.59. The SMILES string of the molecule is CCCCc1cc(-c2ccccc2)n(CCC)[n+]1[O-]. The largest absolute Gasteiger partial charge is 0.596 e. The molecule has 0 radical (unpaired) electrons. The highest BCUT2D eigenvalue weighted by atomic mass is 16.5. The van der Waals surface area contributed by atoms with Gasteiger partial charge < -0.3 is 5.21 Å². The quantitative estimate of drug-likeness (QED) is 0.576. The zero-order chi connectivity index (χ0) is 13.7. The lowest BCUT2D eigenvalue weighted by molar-refractivity contribution is -0.700. The van der Waals surface area contributed by atoms with Crippen LogP contribution in [0, 0.1) is 5.21 Å². The van der Waals surface area contributed by atoms with Gasteiger partial charge in [0.25, 0.3) is 0 Å². The molecule has 0 saturated carbocycles. The van der Waals surface area contributed by atoms with Crippen molar-refractivity contribution in [2.24, 2.45) is 0 Å². The third-order valence-corrected chi connectivity index (χ3v) is 3.34. The number of hydrogen-bond donors (Lipinski definition) is 0. The predicted octanol–water partition coefficient (Wildman–Crippen LogP) is 3.54. The van der Waals surface area contributed by atoms with Gasteiger partial charge in [-0.25, -0.2) is 0 Å². The van der Waals surface area contributed by atoms with Crippen LogP contribution in [-0.4, -0.2) is 4.68 Å². The summed E-state index contributed by atoms with van der Waals surface area (Å²) in [6.07, 6.45) is 3.99. The lowest BCUT2D eigenvalue weighted by Crippen LogP contribution is -2.40. The van der Waals surface area contributed by atoms with Crippen LogP contribution >= 0.6 is 0 Å². The monoisotopic (exact) mass is 258 g/mol. The van der Waals surface area contributed by atoms with Crippen molar-refractivity contribution in [3.05, 3.63) is 47.3 Å². The number of aryl methyl sites for hydroxylation is 1. The molecule has 0 aliphatic heterocycles. The second-order valence-electron chi connectivity index (χ2n) is 4.89. The zero-order valence-corrected chi connectivity index (χ0v) is 11.8. The summed E-state index contributed by atoms with van der Waals surface area (Å²) in [5, 5.41) is 12.3. The molecule has 3 heteroatoms. The van der Waals surface area contributed by atoms with Crippen LogP contribution in [0.1, 0.15) is 38.8 Å². The Morgan fingerprint density at radius 3 is 2.47 bits per heavy atom. The van der Waals surface area contributed by atoms with Gasteiger partial charge in [0, 0.05) is 18.1 Å². The van der Waals surface area contributed by atoms with Gasteiger partial charge in [0.2, 0.25) is 5.69 Å². The summed E-state index contributed by atoms with van der Waals surface area (Å²) in [7, 11) is 0. The van der Waals surface area contributed by atoms with Crippen LogP contribution in [-0.2, 0) is 13.0 Å². The maximum Gasteiger partial charge on any atom is 0.221 e. The molecule has 0 aliphatic rings. The topological polar surface area (TPSA) is 31.9 Å². The first-order valence-electron chi connectivity index (χ1n) is 7.15. The van der Waals surface area contributed by atoms with E-state index in [2.05, 4.69) is 26.0 Å². The van der Waals surface area contributed by atoms with Crippen LogP contribution in [0.3, 0.4) is 0 Å². The molecule has 0 atom stereocenters. The van der Waals surface area contributed by atoms with Crippen molar-refractivity contribution < 1.29 is 4.85 Å². The van der Waals surface area contributed by atoms with Crippen LogP contribution in [0.5, 0.6) is 0 Å². The molecule has 3 nitrogen and oxygen atoms in total. The Labute approximate surface area is 115 Å². The van der Waals surface area contributed by atoms with E-state index in [0.29, 0.717) is 0 Å². The number of rotatable bonds is 6. The van der Waals surface area contributed by atoms with Crippen LogP contribution in [0.15, 0.2) is 36.4 Å². The molecule has 0 saturated heterocycles. The fourth-order valence-corrected chi connectivity index (χ4v) is 2.33. The summed E-state index contributed by atoms with van der Waals surface area (Å²) in [4.78, 5) is 1.08. The van der Waals surface area contributed by atoms with E-state index >= 15 is 0 Å². The minimum absolute atomic E-state index is 0.764. The van der Waals surface area contributed by atoms with Gasteiger partial charge in [-0.2, -0.15) is 0 Å². The van der Waals surface area contributed by atoms with E-state index < -0.39 is 0 Å². The molecule has 0 unspecified atom stereocenters. The fourth-order valence-electron chi connectivity index (χ4n) is 2.33. The number of aromatic nitrogens is 2. The van der Waals surface area contributed by atoms with E-state index in [-0.39, 0.29) is 0 Å². The standard InChI is InChI=1S/C16H22N2O/c1-3-5-11-15-13-16(14-9-7-6-8-10-14)17(12-4-2)18(15)19/h6-10,13H,3-5,11-12H2,1-2H3. The Morgan fingerprint density at radius 2 is 1.84 bits per heavy atom. The molecule has 0 bridgehead atoms. The van der Waals surface area contributed by atoms with E-state index in [4.69, 9.17) is 0 Å². The van der Waals surface area contributed by atoms with Crippen molar-refractivity contribution in [3.8, 4) is 11.3 Å². The molecule has 0 spiro atoms. The summed E-state index contributed by atoms with van der Waals surface area (Å²) < 4.78 is 1.85. The molecular formula is C16H22N2O. The molecular weight excluding hydrogens is 236 g/mol. The third-order valence-electron chi connectivity index (χ3n) is 3.34. The van der Waals surface area contributed by atoms with E-state index in [0.717, 1.165) is 54.0 Å². The van der Waals surface area contributed by atoms with Gasteiger partial charge in [-0.05, 0) is 12.8 Å². The van der Waals surface area contributed by atoms with Crippen LogP contribution in [0.4, 0.5) is 0 Å². The van der Waals surface area contributed by atoms with Gasteiger partial charge in [0.15, 0.2) is 0 Å². The molecule has 102 valence electrons. The average Bonchev–Trinajstić information content (AvgIpc) is 2.75. The molecule has 0 aliphatic carbocycles. The van der Waals surface area contributed by atoms with Crippen molar-refractivity contribution in [1.82, 2.24) is 4.68 Å². The molecule has 2 rings (SSSR count). The Bertz CT molecular complexity index is 517. The maximum atomic E-state index is 12.3. The second kappa shape index (κ2) is 6.41. The average molecular weight is 258 g/mol. The zero-order valence-electron chi connectivity index (χ0n) is 11.8. The van der Waals surface area contributed by atoms with Gasteiger partial charge in [-0.1, -0.05) is 55.4 Å². The molecule has 1 aromatic carbocycles. The Kier molecular flexibility index (Phi) is 4.61. The minimum Gasteiger partial charge on any atom is -0.596 e. The molecule has 0 fully saturated rings. The van der Waals surface area contributed by atoms with Crippen molar-refractivity contribution in [2.45, 2.75) is 46.1 Å². The van der Waals surface area contributed by atoms with E-state index in [1.54, 1.807) is 0 Å². The van der Waals surface area contributed by atoms with Crippen LogP contribution in [0.25, 0.3) is 11.3 Å². The normalized spacial score (nSPS) is 10.8. The predicted molar refractivity (Wildman–Crippen MR) is 77.7 cm³/mol. The molecule has 1 aromatic heterocycles. The van der Waals surface area contributed by atoms with E-state index in [1.165, 1.54) is 0 Å². The highest BCUT2D eigenvalue weighted by Gasteiger charge is 2.18. The molecule has 2 aromatic rings. The lowest BCUT2D eigenvalue weighted by atomic mass is 10.1. The van der Waals surface area contributed by atoms with Crippen molar-refractivity contribution >= 4 is 0 Å². The highest BCUT2D eigenvalue weighted by Crippen LogP contribution is 2.20. The van der Waals surface area contributed by atoms with Crippen molar-refractivity contribution in [1.29, 1.82) is 0 Å². The summed E-state index contributed by atoms with van der Waals surface area (Å²) in [5.41, 5.74) is 3.03. The first-order chi connectivity index (χ1) is 9.27. The van der Waals surface area contributed by atoms with Gasteiger partial charge in [-0.15, -0.1) is 4.68 Å². The Hall–Kier alpha value is -1.77. The Balaban J connectivity index is 2.41. The third kappa shape index (κ3) is 2.98. The summed E-state index contributed by atoms with van der Waals surface area (Å²) in [6.45, 7) is 5.01. The number of hydrogen-bond acceptors (Lipinski definition) is 1. The van der Waals surface area contributed by atoms with Crippen LogP contribution < -0.4 is 4.85 Å². The van der Waals surface area contributed by atoms with Gasteiger partial charge in [-0.3, -0.25) is 0 Å². The van der Waals surface area contributed by atoms with Crippen molar-refractivity contribution in [3.63, 3.8) is 0 Å². The van der Waals surface area contributed by atoms with Gasteiger partial charge >= 0.3 is 0 Å². The smallest absolute Gasteiger partial charge is 0.221 e. The second-order valence-corrected chi connectivity index (χ2v) is 4.89. The summed E-state index contributed by atoms with van der Waals surface area (Å²) in [6, 6.07) is 12.2. The van der Waals surface area contributed by atoms with Gasteiger partial charge in [0.05, 0.1) is 6.54 Å². The fraction of sp³-hybridized carbons (Fsp3) is 0.438. The minimum atomic E-state index is 0.764. The van der Waals surface area contributed by atoms with Crippen molar-refractivity contribution in [2.75, 3.05) is 0 Å². The molecule has 19 heavy (non-hydrogen) atoms. The first kappa shape index (κ1) is 13.7. The molecule has 0 amide bonds. The lowest BCUT2D eigenvalue weighted by Gasteiger charge is -2.07. The maximum absolute atomic E-state index is 12.3. The molecule has 0 N–H and O–H groups in total. The number of benzene rings is 1. The Morgan fingerprint density at radius 1 is 1.11 bits per heavy atom. The van der Waals surface area contributed by atoms with E-state index in [9.17, 15) is 5.21 Å². The van der Waals surface area contributed by atoms with Crippen LogP contribution in [0.2, 0.25) is 0 Å². The van der Waals surface area contributed by atoms with E-state index in [1.807, 2.05) is 28.9 Å².